The van der Waals surface area contributed by atoms with Crippen molar-refractivity contribution in [3.63, 3.8) is 0 Å². The molecule has 0 fully saturated rings. The molecule has 4 aromatic rings. The van der Waals surface area contributed by atoms with Crippen LogP contribution in [0.1, 0.15) is 36.8 Å². The highest BCUT2D eigenvalue weighted by molar-refractivity contribution is 5.97. The second kappa shape index (κ2) is 13.1. The molecule has 0 saturated carbocycles. The molecule has 0 aliphatic heterocycles. The van der Waals surface area contributed by atoms with E-state index in [0.717, 1.165) is 58.4 Å². The number of nitrogens with one attached hydrogen (secondary N) is 2. The summed E-state index contributed by atoms with van der Waals surface area (Å²) in [6.07, 6.45) is 10.8. The lowest BCUT2D eigenvalue weighted by molar-refractivity contribution is -0.117. The van der Waals surface area contributed by atoms with Gasteiger partial charge < -0.3 is 10.6 Å². The lowest BCUT2D eigenvalue weighted by Crippen LogP contribution is -2.23. The van der Waals surface area contributed by atoms with E-state index in [1.807, 2.05) is 60.7 Å². The first-order valence-corrected chi connectivity index (χ1v) is 12.6. The Hall–Kier alpha value is -4.18. The number of hydrogen-bond acceptors (Lipinski definition) is 2. The number of hydrogen-bond donors (Lipinski definition) is 2. The van der Waals surface area contributed by atoms with Gasteiger partial charge in [-0.3, -0.25) is 9.59 Å². The first-order chi connectivity index (χ1) is 17.7. The zero-order valence-electron chi connectivity index (χ0n) is 20.5. The summed E-state index contributed by atoms with van der Waals surface area (Å²) in [6.45, 7) is 1.30. The Bertz CT molecular complexity index is 1270. The van der Waals surface area contributed by atoms with Crippen LogP contribution in [0.15, 0.2) is 97.1 Å². The normalized spacial score (nSPS) is 11.4. The Morgan fingerprint density at radius 1 is 0.528 bits per heavy atom. The minimum Gasteiger partial charge on any atom is -0.353 e. The van der Waals surface area contributed by atoms with Crippen LogP contribution in [-0.2, 0) is 9.59 Å². The van der Waals surface area contributed by atoms with Crippen molar-refractivity contribution >= 4 is 45.5 Å². The Balaban J connectivity index is 1.09. The Labute approximate surface area is 212 Å². The first kappa shape index (κ1) is 24.9. The summed E-state index contributed by atoms with van der Waals surface area (Å²) < 4.78 is 0. The minimum absolute atomic E-state index is 0.0758. The fraction of sp³-hybridized carbons (Fsp3) is 0.188. The molecular formula is C32H32N2O2. The Morgan fingerprint density at radius 3 is 1.42 bits per heavy atom. The van der Waals surface area contributed by atoms with E-state index < -0.39 is 0 Å². The van der Waals surface area contributed by atoms with Gasteiger partial charge in [-0.25, -0.2) is 0 Å². The number of carbonyl (C=O) groups excluding carboxylic acids is 2. The summed E-state index contributed by atoms with van der Waals surface area (Å²) in [6, 6.07) is 28.5. The van der Waals surface area contributed by atoms with Crippen LogP contribution in [-0.4, -0.2) is 24.9 Å². The second-order valence-corrected chi connectivity index (χ2v) is 8.80. The van der Waals surface area contributed by atoms with E-state index in [1.54, 1.807) is 12.2 Å². The number of rotatable bonds is 11. The molecule has 0 spiro atoms. The van der Waals surface area contributed by atoms with Gasteiger partial charge in [0.05, 0.1) is 0 Å². The van der Waals surface area contributed by atoms with Crippen molar-refractivity contribution < 1.29 is 9.59 Å². The van der Waals surface area contributed by atoms with Crippen LogP contribution < -0.4 is 10.6 Å². The summed E-state index contributed by atoms with van der Waals surface area (Å²) in [7, 11) is 0. The molecule has 0 heterocycles. The van der Waals surface area contributed by atoms with Crippen molar-refractivity contribution in [1.29, 1.82) is 0 Å². The molecule has 0 aliphatic rings. The van der Waals surface area contributed by atoms with E-state index in [-0.39, 0.29) is 11.8 Å². The number of unbranched alkanes of at least 4 members (excludes halogenated alkanes) is 3. The molecule has 0 unspecified atom stereocenters. The predicted molar refractivity (Wildman–Crippen MR) is 150 cm³/mol. The third kappa shape index (κ3) is 7.16. The number of benzene rings is 4. The number of fused-ring (bicyclic) bond motifs is 2. The highest BCUT2D eigenvalue weighted by Crippen LogP contribution is 2.20. The number of carbonyl (C=O) groups is 2. The molecule has 0 atom stereocenters. The Morgan fingerprint density at radius 2 is 0.944 bits per heavy atom. The van der Waals surface area contributed by atoms with Crippen LogP contribution in [0.5, 0.6) is 0 Å². The monoisotopic (exact) mass is 476 g/mol. The molecule has 0 bridgehead atoms. The fourth-order valence-electron chi connectivity index (χ4n) is 4.27. The van der Waals surface area contributed by atoms with Crippen LogP contribution in [0.2, 0.25) is 0 Å². The molecule has 4 heteroatoms. The maximum absolute atomic E-state index is 12.1. The summed E-state index contributed by atoms with van der Waals surface area (Å²) in [4.78, 5) is 24.3. The lowest BCUT2D eigenvalue weighted by Gasteiger charge is -2.05. The second-order valence-electron chi connectivity index (χ2n) is 8.80. The molecule has 2 N–H and O–H groups in total. The van der Waals surface area contributed by atoms with Gasteiger partial charge in [-0.2, -0.15) is 0 Å². The van der Waals surface area contributed by atoms with Crippen LogP contribution in [0.3, 0.4) is 0 Å². The maximum atomic E-state index is 12.1. The molecule has 0 aromatic heterocycles. The van der Waals surface area contributed by atoms with E-state index in [1.165, 1.54) is 0 Å². The van der Waals surface area contributed by atoms with Crippen molar-refractivity contribution in [2.45, 2.75) is 25.7 Å². The molecule has 182 valence electrons. The fourth-order valence-corrected chi connectivity index (χ4v) is 4.27. The molecule has 36 heavy (non-hydrogen) atoms. The van der Waals surface area contributed by atoms with Crippen molar-refractivity contribution in [3.05, 3.63) is 108 Å². The predicted octanol–water partition coefficient (Wildman–Crippen LogP) is 6.51. The largest absolute Gasteiger partial charge is 0.353 e. The molecule has 4 rings (SSSR count). The van der Waals surface area contributed by atoms with Gasteiger partial charge in [0.2, 0.25) is 11.8 Å². The van der Waals surface area contributed by atoms with Crippen molar-refractivity contribution in [1.82, 2.24) is 10.6 Å². The van der Waals surface area contributed by atoms with Gasteiger partial charge in [-0.1, -0.05) is 97.8 Å². The molecule has 0 aliphatic carbocycles. The highest BCUT2D eigenvalue weighted by Gasteiger charge is 2.01. The van der Waals surface area contributed by atoms with Crippen molar-refractivity contribution in [2.24, 2.45) is 0 Å². The standard InChI is InChI=1S/C32H32N2O2/c35-31(21-19-27-15-9-13-25-11-3-5-17-29(25)27)33-23-7-1-2-8-24-34-32(36)22-20-28-16-10-14-26-12-4-6-18-30(26)28/h3-6,9-22H,1-2,7-8,23-24H2,(H,33,35)(H,34,36)/b21-19+,22-20+. The number of amides is 2. The average molecular weight is 477 g/mol. The van der Waals surface area contributed by atoms with E-state index >= 15 is 0 Å². The zero-order chi connectivity index (χ0) is 25.0. The van der Waals surface area contributed by atoms with Gasteiger partial charge in [0.25, 0.3) is 0 Å². The smallest absolute Gasteiger partial charge is 0.243 e. The third-order valence-corrected chi connectivity index (χ3v) is 6.18. The topological polar surface area (TPSA) is 58.2 Å². The summed E-state index contributed by atoms with van der Waals surface area (Å²) >= 11 is 0. The summed E-state index contributed by atoms with van der Waals surface area (Å²) in [5, 5.41) is 10.5. The van der Waals surface area contributed by atoms with E-state index in [2.05, 4.69) is 47.0 Å². The van der Waals surface area contributed by atoms with Gasteiger partial charge in [0, 0.05) is 25.2 Å². The third-order valence-electron chi connectivity index (χ3n) is 6.18. The summed E-state index contributed by atoms with van der Waals surface area (Å²) in [5.41, 5.74) is 2.08. The van der Waals surface area contributed by atoms with Crippen molar-refractivity contribution in [3.8, 4) is 0 Å². The first-order valence-electron chi connectivity index (χ1n) is 12.6. The van der Waals surface area contributed by atoms with Gasteiger partial charge in [-0.15, -0.1) is 0 Å². The van der Waals surface area contributed by atoms with Gasteiger partial charge in [0.1, 0.15) is 0 Å². The van der Waals surface area contributed by atoms with Gasteiger partial charge in [-0.05, 0) is 57.7 Å². The Kier molecular flexibility index (Phi) is 9.04. The van der Waals surface area contributed by atoms with E-state index in [9.17, 15) is 9.59 Å². The van der Waals surface area contributed by atoms with E-state index in [4.69, 9.17) is 0 Å². The highest BCUT2D eigenvalue weighted by atomic mass is 16.2. The van der Waals surface area contributed by atoms with Crippen LogP contribution in [0, 0.1) is 0 Å². The van der Waals surface area contributed by atoms with Crippen LogP contribution in [0.4, 0.5) is 0 Å². The molecule has 4 aromatic carbocycles. The lowest BCUT2D eigenvalue weighted by atomic mass is 10.0. The zero-order valence-corrected chi connectivity index (χ0v) is 20.5. The van der Waals surface area contributed by atoms with Gasteiger partial charge in [0.15, 0.2) is 0 Å². The quantitative estimate of drug-likeness (QED) is 0.191. The van der Waals surface area contributed by atoms with Crippen LogP contribution >= 0.6 is 0 Å². The molecule has 4 nitrogen and oxygen atoms in total. The SMILES string of the molecule is O=C(/C=C/c1cccc2ccccc12)NCCCCCCNC(=O)/C=C/c1cccc2ccccc12. The molecular weight excluding hydrogens is 444 g/mol. The van der Waals surface area contributed by atoms with E-state index in [0.29, 0.717) is 13.1 Å². The van der Waals surface area contributed by atoms with Gasteiger partial charge >= 0.3 is 0 Å². The van der Waals surface area contributed by atoms with Crippen molar-refractivity contribution in [2.75, 3.05) is 13.1 Å². The minimum atomic E-state index is -0.0758. The molecule has 0 radical (unpaired) electrons. The summed E-state index contributed by atoms with van der Waals surface area (Å²) in [5.74, 6) is -0.152. The maximum Gasteiger partial charge on any atom is 0.243 e. The molecule has 0 saturated heterocycles. The molecule has 2 amide bonds. The van der Waals surface area contributed by atoms with Crippen LogP contribution in [0.25, 0.3) is 33.7 Å². The average Bonchev–Trinajstić information content (AvgIpc) is 2.92.